The van der Waals surface area contributed by atoms with E-state index in [-0.39, 0.29) is 29.1 Å². The van der Waals surface area contributed by atoms with Crippen LogP contribution in [-0.2, 0) is 85.4 Å². The molecule has 578 valence electrons. The predicted molar refractivity (Wildman–Crippen MR) is 337 cm³/mol. The number of methoxy groups -OCH3 is 2. The number of fused-ring (bicyclic) bond motifs is 4. The second-order valence-electron chi connectivity index (χ2n) is 31.0. The Morgan fingerprint density at radius 3 is 1.63 bits per heavy atom. The highest BCUT2D eigenvalue weighted by molar-refractivity contribution is 5.83. The van der Waals surface area contributed by atoms with Gasteiger partial charge >= 0.3 is 11.9 Å². The summed E-state index contributed by atoms with van der Waals surface area (Å²) in [6.07, 6.45) is -41.7. The van der Waals surface area contributed by atoms with Gasteiger partial charge in [0.25, 0.3) is 0 Å². The van der Waals surface area contributed by atoms with Crippen LogP contribution in [0.2, 0.25) is 0 Å². The van der Waals surface area contributed by atoms with E-state index in [1.165, 1.54) is 26.7 Å². The van der Waals surface area contributed by atoms with Gasteiger partial charge < -0.3 is 152 Å². The number of esters is 2. The van der Waals surface area contributed by atoms with Crippen LogP contribution in [0, 0.1) is 39.4 Å². The fraction of sp³-hybridized carbons (Fsp3) is 0.912. The van der Waals surface area contributed by atoms with Crippen LogP contribution in [0.4, 0.5) is 0 Å². The van der Waals surface area contributed by atoms with Gasteiger partial charge in [-0.15, -0.1) is 6.58 Å². The highest BCUT2D eigenvalue weighted by atomic mass is 16.8. The summed E-state index contributed by atoms with van der Waals surface area (Å²) >= 11 is 0. The van der Waals surface area contributed by atoms with Crippen molar-refractivity contribution in [2.24, 2.45) is 39.4 Å². The Balaban J connectivity index is 0.836. The molecule has 0 aromatic carbocycles. The maximum Gasteiger partial charge on any atom is 0.313 e. The van der Waals surface area contributed by atoms with E-state index >= 15 is 0 Å². The molecule has 0 bridgehead atoms. The number of allylic oxidation sites excluding steroid dienone is 2. The van der Waals surface area contributed by atoms with Crippen LogP contribution in [0.5, 0.6) is 0 Å². The van der Waals surface area contributed by atoms with Gasteiger partial charge in [-0.05, 0) is 81.5 Å². The minimum Gasteiger partial charge on any atom is -0.462 e. The van der Waals surface area contributed by atoms with E-state index in [1.807, 2.05) is 13.8 Å². The number of hydrogen-bond acceptors (Lipinski definition) is 33. The SMILES string of the molecule is C=C(C)C[C@@H](C[C@]1(C)OC(=O)[C@]23CC[C@@H]4C(=CC[C@H]5C(C)(C)[C@@H](O[C@@H]6OC[C@@H](O[C@@H]7O[C@H](CO)[C@@H](O)[C@H](O[C@@H]8O[C@H](CO)[C@@H](O)[C@H](OC)[C@H]8O)[C@H]7O)[C@H](O)[C@H]6O[C@@H]6O[C@H](CO)[C@@H](O[C@@H]7OC[C@@H](O)[C@H](O[C@@H]8O[C@H](CO)[C@@H](O)[C@H](OC)[C@H]8O)[C@H]7O)[C@H](O)[C@H]6O)CC[C@]45C)[C@]2(C)CC[C@@H]31)OC(C)=O. The van der Waals surface area contributed by atoms with Crippen molar-refractivity contribution in [3.63, 3.8) is 0 Å². The van der Waals surface area contributed by atoms with Crippen molar-refractivity contribution in [2.75, 3.05) is 53.9 Å². The average molecular weight is 1450 g/mol. The lowest BCUT2D eigenvalue weighted by atomic mass is 9.41. The van der Waals surface area contributed by atoms with E-state index < -0.39 is 252 Å². The van der Waals surface area contributed by atoms with Crippen LogP contribution < -0.4 is 0 Å². The largest absolute Gasteiger partial charge is 0.462 e. The molecule has 0 radical (unpaired) electrons. The molecule has 0 aromatic rings. The van der Waals surface area contributed by atoms with Gasteiger partial charge in [0.2, 0.25) is 0 Å². The van der Waals surface area contributed by atoms with Gasteiger partial charge in [0.1, 0.15) is 146 Å². The van der Waals surface area contributed by atoms with E-state index in [4.69, 9.17) is 75.8 Å². The molecular weight excluding hydrogens is 1340 g/mol. The third-order valence-electron chi connectivity index (χ3n) is 24.6. The van der Waals surface area contributed by atoms with Gasteiger partial charge in [-0.2, -0.15) is 0 Å². The van der Waals surface area contributed by atoms with Crippen LogP contribution in [0.15, 0.2) is 23.8 Å². The molecule has 0 unspecified atom stereocenters. The maximum absolute atomic E-state index is 14.8. The van der Waals surface area contributed by atoms with Crippen molar-refractivity contribution in [1.82, 2.24) is 0 Å². The number of rotatable bonds is 23. The lowest BCUT2D eigenvalue weighted by molar-refractivity contribution is -0.396. The molecule has 1 spiro atoms. The Kier molecular flexibility index (Phi) is 24.4. The number of carbonyl (C=O) groups is 2. The number of aliphatic hydroxyl groups is 15. The standard InChI is InChI=1S/C68H108O33/c1-27(2)19-29(90-28(3)73)20-67(8)39-14-17-66(7)31-11-12-38-64(4,5)40(15-16-65(38,6)30(31)13-18-68(39,66)63(85)101-67)96-62-56(44(78)37(26-89-62)95-59-50(84)55(43(77)35(23-71)91-59)99-61-49(83)54(87-10)42(76)34(22-70)93-61)100-58-46(80)45(79)52(36(24-72)94-58)98-57-47(81)51(32(74)25-88-57)97-60-48(82)53(86-9)41(75)33(21-69)92-60/h11,29-30,32-62,69-72,74-84H,1,12-26H2,2-10H3/t29-,30+,32+,33+,34+,35+,36+,37+,38-,39+,40-,41+,42+,43+,44-,45+,46+,47+,48+,49+,50+,51-,52+,53-,54-,55-,56+,57-,58-,59-,60-,61-,62-,65+,66-,67-,68+/m0/s1. The summed E-state index contributed by atoms with van der Waals surface area (Å²) in [6.45, 7) is 13.5. The molecule has 7 saturated heterocycles. The predicted octanol–water partition coefficient (Wildman–Crippen LogP) is -3.93. The Labute approximate surface area is 585 Å². The zero-order chi connectivity index (χ0) is 73.5. The maximum atomic E-state index is 14.8. The minimum absolute atomic E-state index is 0.0516. The van der Waals surface area contributed by atoms with Gasteiger partial charge in [0.15, 0.2) is 37.7 Å². The Bertz CT molecular complexity index is 2860. The number of ether oxygens (including phenoxy) is 16. The third kappa shape index (κ3) is 14.2. The van der Waals surface area contributed by atoms with Crippen LogP contribution >= 0.6 is 0 Å². The lowest BCUT2D eigenvalue weighted by Crippen LogP contribution is -2.67. The number of cyclic esters (lactones) is 1. The third-order valence-corrected chi connectivity index (χ3v) is 24.6. The molecule has 37 atom stereocenters. The molecule has 7 aliphatic heterocycles. The summed E-state index contributed by atoms with van der Waals surface area (Å²) in [4.78, 5) is 27.1. The monoisotopic (exact) mass is 1450 g/mol. The van der Waals surface area contributed by atoms with E-state index in [1.54, 1.807) is 0 Å². The van der Waals surface area contributed by atoms with Crippen LogP contribution in [0.1, 0.15) is 106 Å². The van der Waals surface area contributed by atoms with Gasteiger partial charge in [-0.3, -0.25) is 9.59 Å². The fourth-order valence-corrected chi connectivity index (χ4v) is 19.4. The molecule has 15 N–H and O–H groups in total. The zero-order valence-electron chi connectivity index (χ0n) is 58.5. The average Bonchev–Trinajstić information content (AvgIpc) is 1.53. The fourth-order valence-electron chi connectivity index (χ4n) is 19.4. The van der Waals surface area contributed by atoms with Gasteiger partial charge in [-0.25, -0.2) is 0 Å². The Morgan fingerprint density at radius 2 is 1.06 bits per heavy atom. The highest BCUT2D eigenvalue weighted by Crippen LogP contribution is 2.76. The van der Waals surface area contributed by atoms with Gasteiger partial charge in [0.05, 0.1) is 51.2 Å². The minimum atomic E-state index is -2.13. The molecule has 7 heterocycles. The summed E-state index contributed by atoms with van der Waals surface area (Å²) in [5.74, 6) is -0.783. The van der Waals surface area contributed by atoms with E-state index in [0.29, 0.717) is 44.9 Å². The lowest BCUT2D eigenvalue weighted by Gasteiger charge is -2.64. The summed E-state index contributed by atoms with van der Waals surface area (Å²) < 4.78 is 95.6. The summed E-state index contributed by atoms with van der Waals surface area (Å²) in [6, 6.07) is 0. The summed E-state index contributed by atoms with van der Waals surface area (Å²) in [5.41, 5.74) is -1.19. The van der Waals surface area contributed by atoms with Crippen LogP contribution in [-0.4, -0.2) is 332 Å². The van der Waals surface area contributed by atoms with Crippen molar-refractivity contribution in [2.45, 2.75) is 296 Å². The topological polar surface area (TPSA) is 485 Å². The van der Waals surface area contributed by atoms with E-state index in [9.17, 15) is 86.2 Å². The molecule has 33 nitrogen and oxygen atoms in total. The second kappa shape index (κ2) is 31.1. The number of aliphatic hydroxyl groups excluding tert-OH is 15. The Morgan fingerprint density at radius 1 is 0.545 bits per heavy atom. The summed E-state index contributed by atoms with van der Waals surface area (Å²) in [5, 5.41) is 167. The first-order valence-electron chi connectivity index (χ1n) is 35.2. The van der Waals surface area contributed by atoms with Crippen LogP contribution in [0.25, 0.3) is 0 Å². The second-order valence-corrected chi connectivity index (χ2v) is 31.0. The molecule has 0 amide bonds. The van der Waals surface area contributed by atoms with E-state index in [0.717, 1.165) is 18.4 Å². The van der Waals surface area contributed by atoms with Crippen molar-refractivity contribution in [3.05, 3.63) is 23.8 Å². The van der Waals surface area contributed by atoms with Gasteiger partial charge in [-0.1, -0.05) is 44.9 Å². The van der Waals surface area contributed by atoms with Gasteiger partial charge in [0, 0.05) is 45.3 Å². The molecule has 0 aromatic heterocycles. The molecule has 3 saturated carbocycles. The number of carbonyl (C=O) groups excluding carboxylic acids is 2. The first-order valence-corrected chi connectivity index (χ1v) is 35.2. The van der Waals surface area contributed by atoms with Crippen molar-refractivity contribution < 1.29 is 162 Å². The molecular formula is C68H108O33. The molecule has 4 aliphatic carbocycles. The van der Waals surface area contributed by atoms with Crippen LogP contribution in [0.3, 0.4) is 0 Å². The Hall–Kier alpha value is -2.74. The normalized spacial score (nSPS) is 50.8. The molecule has 11 aliphatic rings. The number of hydrogen-bond donors (Lipinski definition) is 15. The van der Waals surface area contributed by atoms with Crippen molar-refractivity contribution in [1.29, 1.82) is 0 Å². The first kappa shape index (κ1) is 79.3. The van der Waals surface area contributed by atoms with E-state index in [2.05, 4.69) is 40.3 Å². The molecule has 10 fully saturated rings. The smallest absolute Gasteiger partial charge is 0.313 e. The van der Waals surface area contributed by atoms with Crippen molar-refractivity contribution >= 4 is 11.9 Å². The highest BCUT2D eigenvalue weighted by Gasteiger charge is 2.77. The van der Waals surface area contributed by atoms with Crippen molar-refractivity contribution in [3.8, 4) is 0 Å². The quantitative estimate of drug-likeness (QED) is 0.0343. The first-order chi connectivity index (χ1) is 47.7. The summed E-state index contributed by atoms with van der Waals surface area (Å²) in [7, 11) is 2.37. The zero-order valence-corrected chi connectivity index (χ0v) is 58.5. The molecule has 33 heteroatoms. The molecule has 101 heavy (non-hydrogen) atoms. The molecule has 11 rings (SSSR count).